The van der Waals surface area contributed by atoms with E-state index in [0.717, 1.165) is 11.0 Å². The largest absolute Gasteiger partial charge is 0.417 e. The molecule has 0 amide bonds. The van der Waals surface area contributed by atoms with E-state index in [-0.39, 0.29) is 10.8 Å². The van der Waals surface area contributed by atoms with Crippen LogP contribution in [0, 0.1) is 0 Å². The Morgan fingerprint density at radius 1 is 1.04 bits per heavy atom. The number of halogens is 6. The third kappa shape index (κ3) is 4.43. The van der Waals surface area contributed by atoms with E-state index in [1.54, 1.807) is 18.2 Å². The Kier molecular flexibility index (Phi) is 5.67. The van der Waals surface area contributed by atoms with Crippen molar-refractivity contribution in [2.75, 3.05) is 0 Å². The van der Waals surface area contributed by atoms with Crippen LogP contribution in [0.5, 0.6) is 0 Å². The number of hydrogen-bond acceptors (Lipinski definition) is 4. The average Bonchev–Trinajstić information content (AvgIpc) is 3.01. The second kappa shape index (κ2) is 7.64. The third-order valence-corrected chi connectivity index (χ3v) is 5.16. The first-order valence-corrected chi connectivity index (χ1v) is 9.07. The highest BCUT2D eigenvalue weighted by Gasteiger charge is 2.31. The van der Waals surface area contributed by atoms with Gasteiger partial charge < -0.3 is 0 Å². The molecule has 0 saturated carbocycles. The topological polar surface area (TPSA) is 43.6 Å². The Bertz CT molecular complexity index is 946. The fourth-order valence-corrected chi connectivity index (χ4v) is 3.56. The summed E-state index contributed by atoms with van der Waals surface area (Å²) >= 11 is 19.2. The highest BCUT2D eigenvalue weighted by atomic mass is 35.5. The van der Waals surface area contributed by atoms with Crippen molar-refractivity contribution in [3.05, 3.63) is 63.2 Å². The van der Waals surface area contributed by atoms with Gasteiger partial charge in [-0.15, -0.1) is 16.9 Å². The minimum absolute atomic E-state index is 0.0629. The quantitative estimate of drug-likeness (QED) is 0.472. The molecule has 0 bridgehead atoms. The summed E-state index contributed by atoms with van der Waals surface area (Å²) in [6.07, 6.45) is -2.48. The second-order valence-corrected chi connectivity index (χ2v) is 7.26. The van der Waals surface area contributed by atoms with Crippen molar-refractivity contribution < 1.29 is 13.2 Å². The summed E-state index contributed by atoms with van der Waals surface area (Å²) in [6, 6.07) is 5.92. The normalized spacial score (nSPS) is 11.8. The maximum atomic E-state index is 12.7. The van der Waals surface area contributed by atoms with Crippen LogP contribution in [-0.2, 0) is 11.9 Å². The van der Waals surface area contributed by atoms with Crippen LogP contribution in [0.25, 0.3) is 5.82 Å². The van der Waals surface area contributed by atoms with Crippen LogP contribution >= 0.6 is 46.6 Å². The zero-order chi connectivity index (χ0) is 18.9. The lowest BCUT2D eigenvalue weighted by Crippen LogP contribution is -2.08. The van der Waals surface area contributed by atoms with Crippen molar-refractivity contribution in [3.63, 3.8) is 0 Å². The van der Waals surface area contributed by atoms with E-state index in [1.165, 1.54) is 22.8 Å². The zero-order valence-corrected chi connectivity index (χ0v) is 15.7. The van der Waals surface area contributed by atoms with E-state index in [9.17, 15) is 13.2 Å². The van der Waals surface area contributed by atoms with Crippen LogP contribution in [0.2, 0.25) is 15.1 Å². The van der Waals surface area contributed by atoms with Gasteiger partial charge in [-0.2, -0.15) is 13.2 Å². The highest BCUT2D eigenvalue weighted by Crippen LogP contribution is 2.33. The highest BCUT2D eigenvalue weighted by molar-refractivity contribution is 7.98. The number of thioether (sulfide) groups is 1. The van der Waals surface area contributed by atoms with Gasteiger partial charge in [0.15, 0.2) is 11.6 Å². The maximum absolute atomic E-state index is 12.7. The first-order chi connectivity index (χ1) is 12.2. The lowest BCUT2D eigenvalue weighted by atomic mass is 10.3. The Morgan fingerprint density at radius 3 is 2.46 bits per heavy atom. The van der Waals surface area contributed by atoms with Crippen LogP contribution in [0.15, 0.2) is 41.7 Å². The number of rotatable bonds is 4. The van der Waals surface area contributed by atoms with Gasteiger partial charge in [-0.25, -0.2) is 14.6 Å². The molecule has 0 atom stereocenters. The van der Waals surface area contributed by atoms with E-state index in [2.05, 4.69) is 15.1 Å². The smallest absolute Gasteiger partial charge is 0.235 e. The molecule has 4 nitrogen and oxygen atoms in total. The van der Waals surface area contributed by atoms with E-state index in [1.807, 2.05) is 0 Å². The van der Waals surface area contributed by atoms with Gasteiger partial charge in [0.1, 0.15) is 6.33 Å². The predicted octanol–water partition coefficient (Wildman–Crippen LogP) is 5.93. The van der Waals surface area contributed by atoms with Crippen molar-refractivity contribution in [1.82, 2.24) is 19.7 Å². The lowest BCUT2D eigenvalue weighted by molar-refractivity contribution is -0.137. The predicted molar refractivity (Wildman–Crippen MR) is 95.2 cm³/mol. The van der Waals surface area contributed by atoms with Crippen molar-refractivity contribution in [2.24, 2.45) is 0 Å². The molecule has 26 heavy (non-hydrogen) atoms. The Hall–Kier alpha value is -1.48. The molecule has 0 unspecified atom stereocenters. The molecule has 0 radical (unpaired) electrons. The molecule has 2 aromatic heterocycles. The van der Waals surface area contributed by atoms with Crippen molar-refractivity contribution in [2.45, 2.75) is 16.8 Å². The molecule has 0 fully saturated rings. The van der Waals surface area contributed by atoms with E-state index < -0.39 is 11.7 Å². The van der Waals surface area contributed by atoms with Gasteiger partial charge in [0, 0.05) is 16.1 Å². The van der Waals surface area contributed by atoms with Crippen molar-refractivity contribution in [3.8, 4) is 5.82 Å². The molecule has 3 rings (SSSR count). The van der Waals surface area contributed by atoms with Crippen LogP contribution in [0.1, 0.15) is 11.4 Å². The van der Waals surface area contributed by atoms with E-state index in [0.29, 0.717) is 27.8 Å². The number of aromatic nitrogens is 4. The first-order valence-electron chi connectivity index (χ1n) is 6.95. The number of benzene rings is 1. The van der Waals surface area contributed by atoms with Gasteiger partial charge in [-0.1, -0.05) is 34.8 Å². The lowest BCUT2D eigenvalue weighted by Gasteiger charge is -2.08. The van der Waals surface area contributed by atoms with Crippen molar-refractivity contribution >= 4 is 46.6 Å². The monoisotopic (exact) mass is 438 g/mol. The van der Waals surface area contributed by atoms with Gasteiger partial charge in [0.25, 0.3) is 0 Å². The summed E-state index contributed by atoms with van der Waals surface area (Å²) in [5.41, 5.74) is -0.931. The van der Waals surface area contributed by atoms with Gasteiger partial charge >= 0.3 is 6.18 Å². The summed E-state index contributed by atoms with van der Waals surface area (Å²) in [7, 11) is 0. The summed E-state index contributed by atoms with van der Waals surface area (Å²) in [4.78, 5) is 8.65. The number of nitrogens with zero attached hydrogens (tertiary/aromatic N) is 4. The molecule has 0 saturated heterocycles. The summed E-state index contributed by atoms with van der Waals surface area (Å²) in [5, 5.41) is 5.05. The minimum atomic E-state index is -4.52. The molecule has 11 heteroatoms. The molecule has 3 aromatic rings. The molecular formula is C15H8Cl3F3N4S. The van der Waals surface area contributed by atoms with Gasteiger partial charge in [0.05, 0.1) is 21.4 Å². The van der Waals surface area contributed by atoms with E-state index in [4.69, 9.17) is 34.8 Å². The fourth-order valence-electron chi connectivity index (χ4n) is 1.95. The standard InChI is InChI=1S/C15H8Cl3F3N4S/c16-9-1-2-12(10(17)4-9)26-6-13-23-7-25(24-13)14-11(18)3-8(5-22-14)15(19,20)21/h1-5,7H,6H2. The zero-order valence-electron chi connectivity index (χ0n) is 12.6. The summed E-state index contributed by atoms with van der Waals surface area (Å²) in [6.45, 7) is 0. The van der Waals surface area contributed by atoms with Crippen LogP contribution in [0.4, 0.5) is 13.2 Å². The Labute approximate surface area is 165 Å². The minimum Gasteiger partial charge on any atom is -0.235 e. The third-order valence-electron chi connectivity index (χ3n) is 3.16. The van der Waals surface area contributed by atoms with E-state index >= 15 is 0 Å². The molecule has 2 heterocycles. The molecular weight excluding hydrogens is 432 g/mol. The van der Waals surface area contributed by atoms with Crippen molar-refractivity contribution in [1.29, 1.82) is 0 Å². The van der Waals surface area contributed by atoms with Gasteiger partial charge in [-0.05, 0) is 24.3 Å². The molecule has 1 aromatic carbocycles. The molecule has 0 aliphatic heterocycles. The molecule has 0 spiro atoms. The Balaban J connectivity index is 1.75. The number of hydrogen-bond donors (Lipinski definition) is 0. The number of alkyl halides is 3. The average molecular weight is 440 g/mol. The summed E-state index contributed by atoms with van der Waals surface area (Å²) < 4.78 is 39.2. The molecule has 136 valence electrons. The van der Waals surface area contributed by atoms with Gasteiger partial charge in [0.2, 0.25) is 0 Å². The fraction of sp³-hybridized carbons (Fsp3) is 0.133. The second-order valence-electron chi connectivity index (χ2n) is 5.00. The number of pyridine rings is 1. The van der Waals surface area contributed by atoms with Crippen LogP contribution < -0.4 is 0 Å². The summed E-state index contributed by atoms with van der Waals surface area (Å²) in [5.74, 6) is 0.902. The molecule has 0 N–H and O–H groups in total. The van der Waals surface area contributed by atoms with Crippen LogP contribution in [0.3, 0.4) is 0 Å². The Morgan fingerprint density at radius 2 is 1.81 bits per heavy atom. The SMILES string of the molecule is FC(F)(F)c1cnc(-n2cnc(CSc3ccc(Cl)cc3Cl)n2)c(Cl)c1. The maximum Gasteiger partial charge on any atom is 0.417 e. The molecule has 0 aliphatic carbocycles. The van der Waals surface area contributed by atoms with Gasteiger partial charge in [-0.3, -0.25) is 0 Å². The molecule has 0 aliphatic rings. The van der Waals surface area contributed by atoms with Crippen LogP contribution in [-0.4, -0.2) is 19.7 Å². The first kappa shape index (κ1) is 19.3.